The summed E-state index contributed by atoms with van der Waals surface area (Å²) in [6.45, 7) is 3.93. The van der Waals surface area contributed by atoms with Gasteiger partial charge in [-0.1, -0.05) is 85.0 Å². The summed E-state index contributed by atoms with van der Waals surface area (Å²) < 4.78 is 0. The highest BCUT2D eigenvalue weighted by Crippen LogP contribution is 2.20. The Morgan fingerprint density at radius 3 is 2.00 bits per heavy atom. The monoisotopic (exact) mass is 401 g/mol. The van der Waals surface area contributed by atoms with Crippen LogP contribution in [0.15, 0.2) is 122 Å². The highest BCUT2D eigenvalue weighted by Gasteiger charge is 2.03. The lowest BCUT2D eigenvalue weighted by Crippen LogP contribution is -1.94. The largest absolute Gasteiger partial charge is 0.264 e. The van der Waals surface area contributed by atoms with E-state index < -0.39 is 0 Å². The van der Waals surface area contributed by atoms with E-state index in [0.717, 1.165) is 17.5 Å². The number of hydrogen-bond acceptors (Lipinski definition) is 3. The minimum atomic E-state index is 0.949. The normalized spacial score (nSPS) is 11.7. The second kappa shape index (κ2) is 10.1. The van der Waals surface area contributed by atoms with Crippen LogP contribution >= 0.6 is 0 Å². The van der Waals surface area contributed by atoms with Crippen LogP contribution in [0, 0.1) is 0 Å². The van der Waals surface area contributed by atoms with Crippen LogP contribution in [0.5, 0.6) is 0 Å². The van der Waals surface area contributed by atoms with E-state index in [1.165, 1.54) is 27.5 Å². The minimum Gasteiger partial charge on any atom is -0.264 e. The Hall–Kier alpha value is -4.11. The summed E-state index contributed by atoms with van der Waals surface area (Å²) in [5.41, 5.74) is 5.82. The number of nitrogens with zero attached hydrogens (tertiary/aromatic N) is 3. The number of aromatic nitrogens is 3. The maximum atomic E-state index is 4.12. The molecular weight excluding hydrogens is 378 g/mol. The molecule has 0 amide bonds. The van der Waals surface area contributed by atoms with Gasteiger partial charge < -0.3 is 0 Å². The number of allylic oxidation sites excluding steroid dienone is 2. The molecule has 2 aromatic heterocycles. The Labute approximate surface area is 182 Å². The van der Waals surface area contributed by atoms with Gasteiger partial charge in [0, 0.05) is 24.8 Å². The molecule has 0 bridgehead atoms. The third kappa shape index (κ3) is 5.49. The molecule has 3 nitrogen and oxygen atoms in total. The number of para-hydroxylation sites is 2. The highest BCUT2D eigenvalue weighted by atomic mass is 14.8. The fraction of sp³-hybridized carbons (Fsp3) is 0.0357. The maximum Gasteiger partial charge on any atom is 0.0886 e. The Kier molecular flexibility index (Phi) is 6.56. The Bertz CT molecular complexity index is 1140. The second-order valence-electron chi connectivity index (χ2n) is 7.14. The summed E-state index contributed by atoms with van der Waals surface area (Å²) in [5.74, 6) is 0. The minimum absolute atomic E-state index is 0.949. The van der Waals surface area contributed by atoms with Gasteiger partial charge in [-0.2, -0.15) is 0 Å². The molecule has 0 spiro atoms. The number of pyridine rings is 1. The van der Waals surface area contributed by atoms with Crippen LogP contribution in [0.1, 0.15) is 11.1 Å². The average molecular weight is 402 g/mol. The van der Waals surface area contributed by atoms with Gasteiger partial charge in [0.2, 0.25) is 0 Å². The summed E-state index contributed by atoms with van der Waals surface area (Å²) >= 11 is 0. The van der Waals surface area contributed by atoms with Crippen LogP contribution in [-0.2, 0) is 6.42 Å². The molecule has 0 atom stereocenters. The summed E-state index contributed by atoms with van der Waals surface area (Å²) in [6.07, 6.45) is 12.3. The van der Waals surface area contributed by atoms with Crippen molar-refractivity contribution in [3.63, 3.8) is 0 Å². The van der Waals surface area contributed by atoms with E-state index in [4.69, 9.17) is 0 Å². The standard InChI is InChI=1S/C11H10.C9H7N.C8H6N2/c1-9-6-7-10-4-2-3-5-11(10)8-9;1-2-4-9-7-10-6-5-8(9)3-1;1-2-4-8-7(3-1)9-5-6-10-8/h2-7H,1,8H2;1-7H;1-6H. The van der Waals surface area contributed by atoms with Gasteiger partial charge in [-0.05, 0) is 46.5 Å². The van der Waals surface area contributed by atoms with Gasteiger partial charge in [0.25, 0.3) is 0 Å². The van der Waals surface area contributed by atoms with Crippen molar-refractivity contribution in [3.05, 3.63) is 133 Å². The van der Waals surface area contributed by atoms with Crippen LogP contribution in [0.25, 0.3) is 27.9 Å². The Balaban J connectivity index is 0.000000112. The van der Waals surface area contributed by atoms with Crippen LogP contribution < -0.4 is 0 Å². The molecule has 31 heavy (non-hydrogen) atoms. The van der Waals surface area contributed by atoms with Crippen LogP contribution in [0.3, 0.4) is 0 Å². The van der Waals surface area contributed by atoms with E-state index >= 15 is 0 Å². The average Bonchev–Trinajstić information content (AvgIpc) is 2.85. The van der Waals surface area contributed by atoms with Crippen LogP contribution in [0.2, 0.25) is 0 Å². The summed E-state index contributed by atoms with van der Waals surface area (Å²) in [5, 5.41) is 2.45. The van der Waals surface area contributed by atoms with E-state index in [1.807, 2.05) is 54.9 Å². The molecular formula is C28H23N3. The molecule has 0 saturated heterocycles. The highest BCUT2D eigenvalue weighted by molar-refractivity contribution is 5.81. The van der Waals surface area contributed by atoms with Crippen molar-refractivity contribution < 1.29 is 0 Å². The molecule has 1 aliphatic carbocycles. The first-order valence-electron chi connectivity index (χ1n) is 10.2. The number of benzene rings is 3. The van der Waals surface area contributed by atoms with Crippen LogP contribution in [0.4, 0.5) is 0 Å². The molecule has 0 aliphatic heterocycles. The van der Waals surface area contributed by atoms with Crippen molar-refractivity contribution in [3.8, 4) is 0 Å². The molecule has 150 valence electrons. The molecule has 3 heteroatoms. The van der Waals surface area contributed by atoms with Gasteiger partial charge in [0.1, 0.15) is 0 Å². The molecule has 3 aromatic carbocycles. The number of fused-ring (bicyclic) bond motifs is 3. The van der Waals surface area contributed by atoms with Crippen molar-refractivity contribution in [1.82, 2.24) is 15.0 Å². The first kappa shape index (κ1) is 20.2. The number of hydrogen-bond donors (Lipinski definition) is 0. The topological polar surface area (TPSA) is 38.7 Å². The van der Waals surface area contributed by atoms with Gasteiger partial charge in [0.05, 0.1) is 11.0 Å². The summed E-state index contributed by atoms with van der Waals surface area (Å²) in [7, 11) is 0. The lowest BCUT2D eigenvalue weighted by molar-refractivity contribution is 1.18. The molecule has 5 aromatic rings. The first-order chi connectivity index (χ1) is 15.3. The van der Waals surface area contributed by atoms with Gasteiger partial charge in [-0.25, -0.2) is 0 Å². The summed E-state index contributed by atoms with van der Waals surface area (Å²) in [6, 6.07) is 26.4. The molecule has 0 N–H and O–H groups in total. The van der Waals surface area contributed by atoms with Crippen molar-refractivity contribution >= 4 is 27.9 Å². The van der Waals surface area contributed by atoms with Crippen molar-refractivity contribution in [1.29, 1.82) is 0 Å². The van der Waals surface area contributed by atoms with E-state index in [2.05, 4.69) is 70.1 Å². The SMILES string of the molecule is C=C1C=Cc2ccccc2C1.c1ccc2cnccc2c1.c1ccc2nccnc2c1. The Morgan fingerprint density at radius 2 is 1.26 bits per heavy atom. The summed E-state index contributed by atoms with van der Waals surface area (Å²) in [4.78, 5) is 12.3. The third-order valence-electron chi connectivity index (χ3n) is 4.90. The second-order valence-corrected chi connectivity index (χ2v) is 7.14. The third-order valence-corrected chi connectivity index (χ3v) is 4.90. The van der Waals surface area contributed by atoms with Gasteiger partial charge >= 0.3 is 0 Å². The predicted molar refractivity (Wildman–Crippen MR) is 130 cm³/mol. The molecule has 6 rings (SSSR count). The molecule has 1 aliphatic rings. The quantitative estimate of drug-likeness (QED) is 0.291. The van der Waals surface area contributed by atoms with Gasteiger partial charge in [-0.15, -0.1) is 0 Å². The lowest BCUT2D eigenvalue weighted by atomic mass is 9.95. The Morgan fingerprint density at radius 1 is 0.613 bits per heavy atom. The zero-order valence-corrected chi connectivity index (χ0v) is 17.2. The van der Waals surface area contributed by atoms with E-state index in [9.17, 15) is 0 Å². The molecule has 0 fully saturated rings. The molecule has 2 heterocycles. The van der Waals surface area contributed by atoms with E-state index in [1.54, 1.807) is 12.4 Å². The zero-order valence-electron chi connectivity index (χ0n) is 17.2. The van der Waals surface area contributed by atoms with E-state index in [-0.39, 0.29) is 0 Å². The molecule has 0 unspecified atom stereocenters. The van der Waals surface area contributed by atoms with E-state index in [0.29, 0.717) is 0 Å². The van der Waals surface area contributed by atoms with Crippen LogP contribution in [-0.4, -0.2) is 15.0 Å². The van der Waals surface area contributed by atoms with Crippen molar-refractivity contribution in [2.24, 2.45) is 0 Å². The maximum absolute atomic E-state index is 4.12. The fourth-order valence-corrected chi connectivity index (χ4v) is 3.31. The van der Waals surface area contributed by atoms with Crippen molar-refractivity contribution in [2.75, 3.05) is 0 Å². The van der Waals surface area contributed by atoms with Gasteiger partial charge in [0.15, 0.2) is 0 Å². The molecule has 0 radical (unpaired) electrons. The number of rotatable bonds is 0. The smallest absolute Gasteiger partial charge is 0.0886 e. The fourth-order valence-electron chi connectivity index (χ4n) is 3.31. The lowest BCUT2D eigenvalue weighted by Gasteiger charge is -2.10. The zero-order chi connectivity index (χ0) is 21.3. The predicted octanol–water partition coefficient (Wildman–Crippen LogP) is 6.68. The molecule has 0 saturated carbocycles. The van der Waals surface area contributed by atoms with Gasteiger partial charge in [-0.3, -0.25) is 15.0 Å². The first-order valence-corrected chi connectivity index (χ1v) is 10.2. The van der Waals surface area contributed by atoms with Crippen molar-refractivity contribution in [2.45, 2.75) is 6.42 Å².